The second-order valence-corrected chi connectivity index (χ2v) is 6.32. The highest BCUT2D eigenvalue weighted by atomic mass is 16.5. The van der Waals surface area contributed by atoms with Gasteiger partial charge in [0.25, 0.3) is 0 Å². The van der Waals surface area contributed by atoms with Gasteiger partial charge in [-0.05, 0) is 38.2 Å². The fourth-order valence-electron chi connectivity index (χ4n) is 2.57. The van der Waals surface area contributed by atoms with E-state index in [2.05, 4.69) is 34.2 Å². The fraction of sp³-hybridized carbons (Fsp3) is 0.647. The maximum absolute atomic E-state index is 12.6. The summed E-state index contributed by atoms with van der Waals surface area (Å²) in [5, 5.41) is 2.92. The topological polar surface area (TPSA) is 60.9 Å². The molecule has 134 valence electrons. The van der Waals surface area contributed by atoms with E-state index in [0.717, 1.165) is 51.3 Å². The summed E-state index contributed by atoms with van der Waals surface area (Å²) < 4.78 is 5.09. The number of pyridine rings is 1. The maximum Gasteiger partial charge on any atom is 0.323 e. The molecule has 1 aliphatic rings. The number of anilines is 1. The minimum absolute atomic E-state index is 0.0879. The Morgan fingerprint density at radius 3 is 2.42 bits per heavy atom. The summed E-state index contributed by atoms with van der Waals surface area (Å²) in [6.45, 7) is 5.90. The van der Waals surface area contributed by atoms with Gasteiger partial charge in [0.1, 0.15) is 5.82 Å². The van der Waals surface area contributed by atoms with Gasteiger partial charge in [0.05, 0.1) is 6.61 Å². The monoisotopic (exact) mass is 335 g/mol. The van der Waals surface area contributed by atoms with E-state index in [-0.39, 0.29) is 6.03 Å². The van der Waals surface area contributed by atoms with E-state index < -0.39 is 0 Å². The van der Waals surface area contributed by atoms with Crippen molar-refractivity contribution in [1.82, 2.24) is 19.7 Å². The van der Waals surface area contributed by atoms with E-state index in [1.807, 2.05) is 17.0 Å². The van der Waals surface area contributed by atoms with Crippen LogP contribution in [0.5, 0.6) is 0 Å². The van der Waals surface area contributed by atoms with Gasteiger partial charge in [-0.2, -0.15) is 0 Å². The molecular formula is C17H29N5O2. The van der Waals surface area contributed by atoms with E-state index in [1.165, 1.54) is 0 Å². The normalized spacial score (nSPS) is 17.9. The van der Waals surface area contributed by atoms with E-state index in [9.17, 15) is 4.79 Å². The number of carbonyl (C=O) groups excluding carboxylic acids is 1. The summed E-state index contributed by atoms with van der Waals surface area (Å²) in [6, 6.07) is 3.76. The number of amides is 2. The first-order valence-corrected chi connectivity index (χ1v) is 8.45. The molecule has 2 amide bonds. The van der Waals surface area contributed by atoms with Gasteiger partial charge in [0.15, 0.2) is 0 Å². The van der Waals surface area contributed by atoms with Crippen molar-refractivity contribution < 1.29 is 9.53 Å². The average Bonchev–Trinajstić information content (AvgIpc) is 2.65. The Morgan fingerprint density at radius 1 is 1.17 bits per heavy atom. The first-order chi connectivity index (χ1) is 11.6. The number of likely N-dealkylation sites (N-methyl/N-ethyl adjacent to an activating group) is 2. The minimum atomic E-state index is -0.0879. The number of carbonyl (C=O) groups is 1. The van der Waals surface area contributed by atoms with Crippen LogP contribution in [0.25, 0.3) is 0 Å². The van der Waals surface area contributed by atoms with E-state index in [1.54, 1.807) is 13.3 Å². The van der Waals surface area contributed by atoms with E-state index in [4.69, 9.17) is 4.74 Å². The smallest absolute Gasteiger partial charge is 0.323 e. The Bertz CT molecular complexity index is 511. The zero-order chi connectivity index (χ0) is 17.4. The van der Waals surface area contributed by atoms with Crippen LogP contribution in [0, 0.1) is 0 Å². The molecule has 24 heavy (non-hydrogen) atoms. The van der Waals surface area contributed by atoms with Gasteiger partial charge in [-0.3, -0.25) is 5.32 Å². The van der Waals surface area contributed by atoms with Crippen molar-refractivity contribution >= 4 is 11.8 Å². The highest BCUT2D eigenvalue weighted by Gasteiger charge is 2.17. The van der Waals surface area contributed by atoms with Gasteiger partial charge in [0.2, 0.25) is 0 Å². The lowest BCUT2D eigenvalue weighted by atomic mass is 10.2. The van der Waals surface area contributed by atoms with Crippen molar-refractivity contribution in [2.75, 3.05) is 72.4 Å². The SMILES string of the molecule is COCCc1ccnc(NC(=O)N2CCN(C)CCN(C)CC2)c1. The zero-order valence-electron chi connectivity index (χ0n) is 15.0. The van der Waals surface area contributed by atoms with Gasteiger partial charge in [0, 0.05) is 52.6 Å². The number of urea groups is 1. The van der Waals surface area contributed by atoms with Crippen molar-refractivity contribution in [3.63, 3.8) is 0 Å². The van der Waals surface area contributed by atoms with Gasteiger partial charge in [-0.15, -0.1) is 0 Å². The first kappa shape index (κ1) is 18.6. The molecule has 0 aromatic carbocycles. The quantitative estimate of drug-likeness (QED) is 0.889. The second-order valence-electron chi connectivity index (χ2n) is 6.32. The molecule has 0 unspecified atom stereocenters. The number of nitrogens with one attached hydrogen (secondary N) is 1. The molecule has 1 fully saturated rings. The van der Waals surface area contributed by atoms with Crippen molar-refractivity contribution in [2.24, 2.45) is 0 Å². The van der Waals surface area contributed by atoms with Gasteiger partial charge < -0.3 is 19.4 Å². The summed E-state index contributed by atoms with van der Waals surface area (Å²) >= 11 is 0. The molecule has 2 heterocycles. The zero-order valence-corrected chi connectivity index (χ0v) is 15.0. The Hall–Kier alpha value is -1.70. The molecule has 0 atom stereocenters. The van der Waals surface area contributed by atoms with Crippen LogP contribution in [-0.4, -0.2) is 92.8 Å². The van der Waals surface area contributed by atoms with Crippen LogP contribution in [0.3, 0.4) is 0 Å². The van der Waals surface area contributed by atoms with E-state index in [0.29, 0.717) is 12.4 Å². The molecule has 0 radical (unpaired) electrons. The Kier molecular flexibility index (Phi) is 7.42. The van der Waals surface area contributed by atoms with Crippen LogP contribution in [0.2, 0.25) is 0 Å². The van der Waals surface area contributed by atoms with Gasteiger partial charge in [-0.25, -0.2) is 9.78 Å². The van der Waals surface area contributed by atoms with Crippen LogP contribution < -0.4 is 5.32 Å². The third-order valence-electron chi connectivity index (χ3n) is 4.31. The van der Waals surface area contributed by atoms with Crippen molar-refractivity contribution in [3.8, 4) is 0 Å². The molecule has 7 heteroatoms. The van der Waals surface area contributed by atoms with Crippen LogP contribution in [0.4, 0.5) is 10.6 Å². The number of hydrogen-bond acceptors (Lipinski definition) is 5. The number of methoxy groups -OCH3 is 1. The highest BCUT2D eigenvalue weighted by Crippen LogP contribution is 2.09. The van der Waals surface area contributed by atoms with Crippen LogP contribution in [0.1, 0.15) is 5.56 Å². The third kappa shape index (κ3) is 6.07. The summed E-state index contributed by atoms with van der Waals surface area (Å²) in [4.78, 5) is 23.2. The molecule has 1 aliphatic heterocycles. The second kappa shape index (κ2) is 9.56. The lowest BCUT2D eigenvalue weighted by Gasteiger charge is -2.24. The third-order valence-corrected chi connectivity index (χ3v) is 4.31. The predicted octanol–water partition coefficient (Wildman–Crippen LogP) is 0.982. The number of aromatic nitrogens is 1. The summed E-state index contributed by atoms with van der Waals surface area (Å²) in [5.41, 5.74) is 1.10. The number of ether oxygens (including phenoxy) is 1. The van der Waals surface area contributed by atoms with Crippen molar-refractivity contribution in [1.29, 1.82) is 0 Å². The van der Waals surface area contributed by atoms with Gasteiger partial charge >= 0.3 is 6.03 Å². The molecule has 0 bridgehead atoms. The lowest BCUT2D eigenvalue weighted by Crippen LogP contribution is -2.41. The minimum Gasteiger partial charge on any atom is -0.384 e. The summed E-state index contributed by atoms with van der Waals surface area (Å²) in [5.74, 6) is 0.593. The Balaban J connectivity index is 1.96. The molecule has 1 N–H and O–H groups in total. The molecule has 1 aromatic heterocycles. The van der Waals surface area contributed by atoms with Crippen molar-refractivity contribution in [2.45, 2.75) is 6.42 Å². The Morgan fingerprint density at radius 2 is 1.79 bits per heavy atom. The average molecular weight is 335 g/mol. The maximum atomic E-state index is 12.6. The highest BCUT2D eigenvalue weighted by molar-refractivity contribution is 5.88. The molecule has 0 saturated carbocycles. The lowest BCUT2D eigenvalue weighted by molar-refractivity contribution is 0.202. The number of nitrogens with zero attached hydrogens (tertiary/aromatic N) is 4. The van der Waals surface area contributed by atoms with Crippen LogP contribution in [-0.2, 0) is 11.2 Å². The molecule has 1 aromatic rings. The fourth-order valence-corrected chi connectivity index (χ4v) is 2.57. The van der Waals surface area contributed by atoms with Gasteiger partial charge in [-0.1, -0.05) is 0 Å². The van der Waals surface area contributed by atoms with Crippen LogP contribution >= 0.6 is 0 Å². The largest absolute Gasteiger partial charge is 0.384 e. The molecule has 0 aliphatic carbocycles. The first-order valence-electron chi connectivity index (χ1n) is 8.45. The molecular weight excluding hydrogens is 306 g/mol. The number of rotatable bonds is 4. The predicted molar refractivity (Wildman–Crippen MR) is 95.4 cm³/mol. The van der Waals surface area contributed by atoms with E-state index >= 15 is 0 Å². The number of hydrogen-bond donors (Lipinski definition) is 1. The molecule has 2 rings (SSSR count). The Labute approximate surface area is 144 Å². The summed E-state index contributed by atoms with van der Waals surface area (Å²) in [7, 11) is 5.87. The molecule has 7 nitrogen and oxygen atoms in total. The molecule has 0 spiro atoms. The standard InChI is InChI=1S/C17H29N5O2/c1-20-7-8-21(2)10-12-22(11-9-20)17(23)19-16-14-15(4-6-18-16)5-13-24-3/h4,6,14H,5,7-13H2,1-3H3,(H,18,19,23). The summed E-state index contributed by atoms with van der Waals surface area (Å²) in [6.07, 6.45) is 2.53. The van der Waals surface area contributed by atoms with Crippen LogP contribution in [0.15, 0.2) is 18.3 Å². The van der Waals surface area contributed by atoms with Crippen molar-refractivity contribution in [3.05, 3.63) is 23.9 Å². The molecule has 1 saturated heterocycles.